The van der Waals surface area contributed by atoms with Crippen molar-refractivity contribution in [3.05, 3.63) is 0 Å². The van der Waals surface area contributed by atoms with Gasteiger partial charge >= 0.3 is 0 Å². The van der Waals surface area contributed by atoms with Crippen LogP contribution >= 0.6 is 12.8 Å². The molecule has 0 bridgehead atoms. The van der Waals surface area contributed by atoms with Gasteiger partial charge in [0.2, 0.25) is 0 Å². The van der Waals surface area contributed by atoms with E-state index in [1.165, 1.54) is 70.6 Å². The Bertz CT molecular complexity index is 126. The van der Waals surface area contributed by atoms with Crippen LogP contribution in [-0.4, -0.2) is 19.6 Å². The highest BCUT2D eigenvalue weighted by molar-refractivity contribution is 7.78. The summed E-state index contributed by atoms with van der Waals surface area (Å²) in [6.07, 6.45) is 15.6. The van der Waals surface area contributed by atoms with Gasteiger partial charge in [0.15, 0.2) is 0 Å². The van der Waals surface area contributed by atoms with Crippen LogP contribution < -0.4 is 10.0 Å². The van der Waals surface area contributed by atoms with Crippen LogP contribution in [0.5, 0.6) is 0 Å². The highest BCUT2D eigenvalue weighted by atomic mass is 32.1. The third kappa shape index (κ3) is 16.3. The summed E-state index contributed by atoms with van der Waals surface area (Å²) in [4.78, 5) is 0. The molecule has 0 amide bonds. The minimum absolute atomic E-state index is 0.946. The van der Waals surface area contributed by atoms with Gasteiger partial charge in [-0.3, -0.25) is 4.72 Å². The molecule has 0 saturated carbocycles. The zero-order valence-corrected chi connectivity index (χ0v) is 13.2. The number of thiol groups is 1. The predicted molar refractivity (Wildman–Crippen MR) is 86.3 cm³/mol. The van der Waals surface area contributed by atoms with Crippen molar-refractivity contribution in [3.63, 3.8) is 0 Å². The van der Waals surface area contributed by atoms with E-state index in [1.807, 2.05) is 0 Å². The number of hydrogen-bond acceptors (Lipinski definition) is 3. The Morgan fingerprint density at radius 1 is 0.611 bits per heavy atom. The van der Waals surface area contributed by atoms with Gasteiger partial charge in [-0.1, -0.05) is 83.9 Å². The molecule has 0 rings (SSSR count). The van der Waals surface area contributed by atoms with Gasteiger partial charge in [-0.15, -0.1) is 0 Å². The number of unbranched alkanes of at least 4 members (excludes halogenated alkanes) is 10. The second kappa shape index (κ2) is 17.3. The fourth-order valence-corrected chi connectivity index (χ4v) is 2.30. The highest BCUT2D eigenvalue weighted by Crippen LogP contribution is 2.10. The molecule has 0 spiro atoms. The van der Waals surface area contributed by atoms with Crippen molar-refractivity contribution in [2.24, 2.45) is 0 Å². The molecular weight excluding hydrogens is 240 g/mol. The molecule has 0 aromatic heterocycles. The molecular formula is C15H34N2S. The molecule has 3 heteroatoms. The summed E-state index contributed by atoms with van der Waals surface area (Å²) in [6, 6.07) is 0. The Kier molecular flexibility index (Phi) is 17.5. The third-order valence-corrected chi connectivity index (χ3v) is 3.59. The Balaban J connectivity index is 2.86. The molecule has 0 fully saturated rings. The zero-order chi connectivity index (χ0) is 13.3. The molecule has 0 atom stereocenters. The average Bonchev–Trinajstić information content (AvgIpc) is 2.39. The Hall–Kier alpha value is 0.270. The first kappa shape index (κ1) is 18.3. The second-order valence-electron chi connectivity index (χ2n) is 5.19. The van der Waals surface area contributed by atoms with E-state index in [0.29, 0.717) is 0 Å². The van der Waals surface area contributed by atoms with E-state index in [9.17, 15) is 0 Å². The van der Waals surface area contributed by atoms with Crippen molar-refractivity contribution in [1.29, 1.82) is 0 Å². The topological polar surface area (TPSA) is 24.1 Å². The lowest BCUT2D eigenvalue weighted by molar-refractivity contribution is 0.539. The normalized spacial score (nSPS) is 11.0. The standard InChI is InChI=1S/C15H34N2S/c1-2-3-4-5-6-7-8-9-10-11-12-13-16-14-15-17-18/h16-18H,2-15H2,1H3. The molecule has 18 heavy (non-hydrogen) atoms. The first-order chi connectivity index (χ1) is 8.91. The molecule has 0 saturated heterocycles. The Labute approximate surface area is 120 Å². The van der Waals surface area contributed by atoms with Gasteiger partial charge < -0.3 is 5.32 Å². The second-order valence-corrected chi connectivity index (χ2v) is 5.51. The summed E-state index contributed by atoms with van der Waals surface area (Å²) in [5, 5.41) is 3.41. The molecule has 0 aliphatic rings. The van der Waals surface area contributed by atoms with Crippen LogP contribution in [-0.2, 0) is 0 Å². The summed E-state index contributed by atoms with van der Waals surface area (Å²) in [6.45, 7) is 5.42. The molecule has 2 N–H and O–H groups in total. The van der Waals surface area contributed by atoms with Crippen LogP contribution in [0.3, 0.4) is 0 Å². The van der Waals surface area contributed by atoms with E-state index in [2.05, 4.69) is 29.8 Å². The highest BCUT2D eigenvalue weighted by Gasteiger charge is 1.93. The molecule has 0 unspecified atom stereocenters. The van der Waals surface area contributed by atoms with Gasteiger partial charge in [0.1, 0.15) is 0 Å². The molecule has 0 aromatic rings. The molecule has 0 aliphatic heterocycles. The van der Waals surface area contributed by atoms with Crippen molar-refractivity contribution in [1.82, 2.24) is 10.0 Å². The first-order valence-corrected chi connectivity index (χ1v) is 8.44. The van der Waals surface area contributed by atoms with Gasteiger partial charge in [0, 0.05) is 13.1 Å². The maximum absolute atomic E-state index is 3.95. The minimum Gasteiger partial charge on any atom is -0.315 e. The number of nitrogens with one attached hydrogen (secondary N) is 2. The predicted octanol–water partition coefficient (Wildman–Crippen LogP) is 4.32. The molecule has 0 radical (unpaired) electrons. The molecule has 0 aliphatic carbocycles. The smallest absolute Gasteiger partial charge is 0.0182 e. The quantitative estimate of drug-likeness (QED) is 0.306. The molecule has 2 nitrogen and oxygen atoms in total. The van der Waals surface area contributed by atoms with Crippen LogP contribution in [0.1, 0.15) is 77.6 Å². The monoisotopic (exact) mass is 274 g/mol. The largest absolute Gasteiger partial charge is 0.315 e. The maximum Gasteiger partial charge on any atom is 0.0182 e. The maximum atomic E-state index is 3.95. The summed E-state index contributed by atoms with van der Waals surface area (Å²) < 4.78 is 2.84. The van der Waals surface area contributed by atoms with Crippen LogP contribution in [0.4, 0.5) is 0 Å². The Morgan fingerprint density at radius 2 is 1.11 bits per heavy atom. The summed E-state index contributed by atoms with van der Waals surface area (Å²) >= 11 is 3.95. The summed E-state index contributed by atoms with van der Waals surface area (Å²) in [5.41, 5.74) is 0. The van der Waals surface area contributed by atoms with Crippen LogP contribution in [0.2, 0.25) is 0 Å². The Morgan fingerprint density at radius 3 is 1.61 bits per heavy atom. The lowest BCUT2D eigenvalue weighted by atomic mass is 10.1. The molecule has 0 heterocycles. The summed E-state index contributed by atoms with van der Waals surface area (Å²) in [7, 11) is 0. The van der Waals surface area contributed by atoms with E-state index >= 15 is 0 Å². The number of hydrogen-bond donors (Lipinski definition) is 3. The average molecular weight is 275 g/mol. The van der Waals surface area contributed by atoms with E-state index in [-0.39, 0.29) is 0 Å². The lowest BCUT2D eigenvalue weighted by Gasteiger charge is -2.04. The third-order valence-electron chi connectivity index (χ3n) is 3.37. The van der Waals surface area contributed by atoms with Gasteiger partial charge in [0.25, 0.3) is 0 Å². The van der Waals surface area contributed by atoms with Crippen molar-refractivity contribution in [3.8, 4) is 0 Å². The van der Waals surface area contributed by atoms with Crippen LogP contribution in [0.15, 0.2) is 0 Å². The van der Waals surface area contributed by atoms with E-state index < -0.39 is 0 Å². The van der Waals surface area contributed by atoms with Gasteiger partial charge in [-0.2, -0.15) is 0 Å². The van der Waals surface area contributed by atoms with Crippen LogP contribution in [0.25, 0.3) is 0 Å². The van der Waals surface area contributed by atoms with Gasteiger partial charge in [-0.05, 0) is 13.0 Å². The molecule has 110 valence electrons. The van der Waals surface area contributed by atoms with Crippen molar-refractivity contribution < 1.29 is 0 Å². The molecule has 0 aromatic carbocycles. The fraction of sp³-hybridized carbons (Fsp3) is 1.00. The van der Waals surface area contributed by atoms with Crippen molar-refractivity contribution in [2.75, 3.05) is 19.6 Å². The van der Waals surface area contributed by atoms with E-state index in [4.69, 9.17) is 0 Å². The van der Waals surface area contributed by atoms with Crippen LogP contribution in [0, 0.1) is 0 Å². The number of rotatable bonds is 15. The van der Waals surface area contributed by atoms with Crippen molar-refractivity contribution in [2.45, 2.75) is 77.6 Å². The summed E-state index contributed by atoms with van der Waals surface area (Å²) in [5.74, 6) is 0. The first-order valence-electron chi connectivity index (χ1n) is 7.99. The fourth-order valence-electron chi connectivity index (χ4n) is 2.18. The zero-order valence-electron chi connectivity index (χ0n) is 12.3. The minimum atomic E-state index is 0.946. The van der Waals surface area contributed by atoms with E-state index in [0.717, 1.165) is 19.6 Å². The van der Waals surface area contributed by atoms with E-state index in [1.54, 1.807) is 0 Å². The van der Waals surface area contributed by atoms with Crippen molar-refractivity contribution >= 4 is 12.8 Å². The van der Waals surface area contributed by atoms with Gasteiger partial charge in [-0.25, -0.2) is 0 Å². The van der Waals surface area contributed by atoms with Gasteiger partial charge in [0.05, 0.1) is 0 Å². The SMILES string of the molecule is CCCCCCCCCCCCCNCCNS. The lowest BCUT2D eigenvalue weighted by Crippen LogP contribution is -2.23.